The highest BCUT2D eigenvalue weighted by Gasteiger charge is 2.30. The van der Waals surface area contributed by atoms with Gasteiger partial charge in [-0.25, -0.2) is 0 Å². The van der Waals surface area contributed by atoms with Gasteiger partial charge in [-0.3, -0.25) is 0 Å². The van der Waals surface area contributed by atoms with Crippen molar-refractivity contribution in [1.82, 2.24) is 5.16 Å². The molecule has 1 aromatic heterocycles. The van der Waals surface area contributed by atoms with Crippen LogP contribution in [-0.4, -0.2) is 5.16 Å². The molecule has 2 nitrogen and oxygen atoms in total. The maximum absolute atomic E-state index is 5.43. The van der Waals surface area contributed by atoms with Crippen LogP contribution >= 0.6 is 22.6 Å². The number of rotatable bonds is 0. The van der Waals surface area contributed by atoms with Gasteiger partial charge < -0.3 is 4.52 Å². The molecule has 0 atom stereocenters. The van der Waals surface area contributed by atoms with Crippen LogP contribution in [0.1, 0.15) is 53.0 Å². The number of hydrogen-bond acceptors (Lipinski definition) is 2. The predicted molar refractivity (Wildman–Crippen MR) is 66.6 cm³/mol. The zero-order valence-corrected chi connectivity index (χ0v) is 11.9. The van der Waals surface area contributed by atoms with Crippen molar-refractivity contribution in [2.45, 2.75) is 52.4 Å². The maximum Gasteiger partial charge on any atom is 0.155 e. The Labute approximate surface area is 99.6 Å². The van der Waals surface area contributed by atoms with Crippen LogP contribution in [0.4, 0.5) is 0 Å². The first kappa shape index (κ1) is 12.0. The lowest BCUT2D eigenvalue weighted by molar-refractivity contribution is 0.318. The Hall–Kier alpha value is -0.0600. The third-order valence-corrected chi connectivity index (χ3v) is 3.03. The van der Waals surface area contributed by atoms with Crippen LogP contribution in [-0.2, 0) is 10.8 Å². The van der Waals surface area contributed by atoms with Gasteiger partial charge in [0.2, 0.25) is 0 Å². The highest BCUT2D eigenvalue weighted by Crippen LogP contribution is 2.34. The van der Waals surface area contributed by atoms with E-state index in [1.54, 1.807) is 0 Å². The maximum atomic E-state index is 5.43. The van der Waals surface area contributed by atoms with E-state index in [1.807, 2.05) is 0 Å². The van der Waals surface area contributed by atoms with E-state index in [0.717, 1.165) is 11.5 Å². The quantitative estimate of drug-likeness (QED) is 0.680. The Morgan fingerprint density at radius 1 is 1.00 bits per heavy atom. The molecule has 0 aliphatic heterocycles. The summed E-state index contributed by atoms with van der Waals surface area (Å²) in [7, 11) is 0. The summed E-state index contributed by atoms with van der Waals surface area (Å²) < 4.78 is 6.60. The Balaban J connectivity index is 3.23. The van der Waals surface area contributed by atoms with Crippen LogP contribution in [0.25, 0.3) is 0 Å². The summed E-state index contributed by atoms with van der Waals surface area (Å²) in [5, 5.41) is 4.17. The molecule has 0 saturated heterocycles. The second-order valence-corrected chi connectivity index (χ2v) is 6.75. The molecule has 0 saturated carbocycles. The number of halogens is 1. The topological polar surface area (TPSA) is 26.0 Å². The van der Waals surface area contributed by atoms with Crippen molar-refractivity contribution in [2.75, 3.05) is 0 Å². The second-order valence-electron chi connectivity index (χ2n) is 5.67. The predicted octanol–water partition coefficient (Wildman–Crippen LogP) is 3.87. The van der Waals surface area contributed by atoms with E-state index >= 15 is 0 Å². The van der Waals surface area contributed by atoms with Crippen LogP contribution in [0.5, 0.6) is 0 Å². The van der Waals surface area contributed by atoms with Crippen LogP contribution < -0.4 is 0 Å². The fourth-order valence-electron chi connectivity index (χ4n) is 1.21. The standard InChI is InChI=1S/C11H18INO/c1-10(2,3)8-7(12)9(14-13-8)11(4,5)6/h1-6H3. The lowest BCUT2D eigenvalue weighted by atomic mass is 9.88. The number of aromatic nitrogens is 1. The number of hydrogen-bond donors (Lipinski definition) is 0. The van der Waals surface area contributed by atoms with Crippen LogP contribution in [0.3, 0.4) is 0 Å². The zero-order chi connectivity index (χ0) is 11.1. The third kappa shape index (κ3) is 2.30. The summed E-state index contributed by atoms with van der Waals surface area (Å²) in [6.07, 6.45) is 0. The molecule has 0 aromatic carbocycles. The summed E-state index contributed by atoms with van der Waals surface area (Å²) in [5.41, 5.74) is 1.15. The van der Waals surface area contributed by atoms with Crippen molar-refractivity contribution < 1.29 is 4.52 Å². The van der Waals surface area contributed by atoms with Crippen molar-refractivity contribution in [3.8, 4) is 0 Å². The normalized spacial score (nSPS) is 13.4. The van der Waals surface area contributed by atoms with Crippen LogP contribution in [0.2, 0.25) is 0 Å². The lowest BCUT2D eigenvalue weighted by Crippen LogP contribution is -2.15. The van der Waals surface area contributed by atoms with E-state index in [2.05, 4.69) is 69.3 Å². The van der Waals surface area contributed by atoms with Crippen LogP contribution in [0.15, 0.2) is 4.52 Å². The van der Waals surface area contributed by atoms with Gasteiger partial charge in [-0.05, 0) is 22.6 Å². The molecule has 0 amide bonds. The van der Waals surface area contributed by atoms with Gasteiger partial charge in [0.25, 0.3) is 0 Å². The lowest BCUT2D eigenvalue weighted by Gasteiger charge is -2.17. The van der Waals surface area contributed by atoms with Crippen molar-refractivity contribution in [3.05, 3.63) is 15.0 Å². The van der Waals surface area contributed by atoms with E-state index in [1.165, 1.54) is 3.57 Å². The average Bonchev–Trinajstić information content (AvgIpc) is 2.26. The van der Waals surface area contributed by atoms with Gasteiger partial charge in [-0.1, -0.05) is 46.7 Å². The molecule has 1 heterocycles. The van der Waals surface area contributed by atoms with E-state index in [-0.39, 0.29) is 10.8 Å². The first-order chi connectivity index (χ1) is 6.14. The minimum absolute atomic E-state index is 0.0347. The molecule has 0 radical (unpaired) electrons. The minimum atomic E-state index is 0.0347. The van der Waals surface area contributed by atoms with Gasteiger partial charge in [0, 0.05) is 10.8 Å². The molecule has 0 bridgehead atoms. The molecule has 14 heavy (non-hydrogen) atoms. The molecular formula is C11H18INO. The van der Waals surface area contributed by atoms with Gasteiger partial charge >= 0.3 is 0 Å². The first-order valence-electron chi connectivity index (χ1n) is 4.80. The molecular weight excluding hydrogens is 289 g/mol. The van der Waals surface area contributed by atoms with E-state index in [4.69, 9.17) is 4.52 Å². The smallest absolute Gasteiger partial charge is 0.155 e. The van der Waals surface area contributed by atoms with Crippen molar-refractivity contribution in [2.24, 2.45) is 0 Å². The molecule has 0 aliphatic carbocycles. The number of nitrogens with zero attached hydrogens (tertiary/aromatic N) is 1. The average molecular weight is 307 g/mol. The Kier molecular flexibility index (Phi) is 3.01. The Morgan fingerprint density at radius 3 is 1.71 bits per heavy atom. The zero-order valence-electron chi connectivity index (χ0n) is 9.73. The fourth-order valence-corrected chi connectivity index (χ4v) is 3.03. The van der Waals surface area contributed by atoms with E-state index in [9.17, 15) is 0 Å². The monoisotopic (exact) mass is 307 g/mol. The van der Waals surface area contributed by atoms with Gasteiger partial charge in [-0.2, -0.15) is 0 Å². The molecule has 0 aliphatic rings. The van der Waals surface area contributed by atoms with Gasteiger partial charge in [0.05, 0.1) is 3.57 Å². The van der Waals surface area contributed by atoms with Crippen molar-refractivity contribution in [3.63, 3.8) is 0 Å². The third-order valence-electron chi connectivity index (χ3n) is 2.03. The van der Waals surface area contributed by atoms with E-state index in [0.29, 0.717) is 0 Å². The molecule has 0 unspecified atom stereocenters. The second kappa shape index (κ2) is 3.51. The SMILES string of the molecule is CC(C)(C)c1noc(C(C)(C)C)c1I. The van der Waals surface area contributed by atoms with Crippen molar-refractivity contribution in [1.29, 1.82) is 0 Å². The molecule has 80 valence electrons. The highest BCUT2D eigenvalue weighted by atomic mass is 127. The Morgan fingerprint density at radius 2 is 1.50 bits per heavy atom. The van der Waals surface area contributed by atoms with Gasteiger partial charge in [-0.15, -0.1) is 0 Å². The summed E-state index contributed by atoms with van der Waals surface area (Å²) in [6, 6.07) is 0. The largest absolute Gasteiger partial charge is 0.359 e. The summed E-state index contributed by atoms with van der Waals surface area (Å²) in [6.45, 7) is 12.9. The summed E-state index contributed by atoms with van der Waals surface area (Å²) in [5.74, 6) is 0.989. The summed E-state index contributed by atoms with van der Waals surface area (Å²) in [4.78, 5) is 0. The first-order valence-corrected chi connectivity index (χ1v) is 5.88. The summed E-state index contributed by atoms with van der Waals surface area (Å²) >= 11 is 2.33. The molecule has 0 spiro atoms. The molecule has 3 heteroatoms. The van der Waals surface area contributed by atoms with Gasteiger partial charge in [0.15, 0.2) is 5.76 Å². The molecule has 1 aromatic rings. The molecule has 1 rings (SSSR count). The Bertz CT molecular complexity index is 297. The van der Waals surface area contributed by atoms with Gasteiger partial charge in [0.1, 0.15) is 5.69 Å². The van der Waals surface area contributed by atoms with Crippen LogP contribution in [0, 0.1) is 3.57 Å². The minimum Gasteiger partial charge on any atom is -0.359 e. The molecule has 0 fully saturated rings. The fraction of sp³-hybridized carbons (Fsp3) is 0.727. The molecule has 0 N–H and O–H groups in total. The van der Waals surface area contributed by atoms with Crippen molar-refractivity contribution >= 4 is 22.6 Å². The highest BCUT2D eigenvalue weighted by molar-refractivity contribution is 14.1. The van der Waals surface area contributed by atoms with E-state index < -0.39 is 0 Å².